The van der Waals surface area contributed by atoms with E-state index in [-0.39, 0.29) is 18.6 Å². The van der Waals surface area contributed by atoms with Crippen LogP contribution in [0.2, 0.25) is 0 Å². The van der Waals surface area contributed by atoms with Crippen molar-refractivity contribution in [2.24, 2.45) is 0 Å². The van der Waals surface area contributed by atoms with Gasteiger partial charge in [-0.2, -0.15) is 8.78 Å². The molecular weight excluding hydrogens is 430 g/mol. The number of halogens is 4. The standard InChI is InChI=1S/C23H15F4NO4/c24-17-9-18(25)21(27)22(20(17)26)32-19(29)10-28-23(30)31-11-16-14-7-3-1-5-12(14)13-6-2-4-8-15(13)16/h1-9,16H,10-11H2,(H,28,30). The molecule has 0 bridgehead atoms. The molecule has 0 fully saturated rings. The smallest absolute Gasteiger partial charge is 0.407 e. The molecule has 0 saturated carbocycles. The monoisotopic (exact) mass is 445 g/mol. The quantitative estimate of drug-likeness (QED) is 0.268. The van der Waals surface area contributed by atoms with Crippen LogP contribution in [0.15, 0.2) is 54.6 Å². The number of hydrogen-bond acceptors (Lipinski definition) is 4. The van der Waals surface area contributed by atoms with Crippen LogP contribution in [0, 0.1) is 23.3 Å². The first-order chi connectivity index (χ1) is 15.4. The van der Waals surface area contributed by atoms with Crippen LogP contribution in [0.25, 0.3) is 11.1 Å². The number of hydrogen-bond donors (Lipinski definition) is 1. The molecule has 9 heteroatoms. The first-order valence-electron chi connectivity index (χ1n) is 9.49. The molecule has 4 rings (SSSR count). The van der Waals surface area contributed by atoms with Gasteiger partial charge in [-0.15, -0.1) is 0 Å². The average molecular weight is 445 g/mol. The first kappa shape index (κ1) is 21.4. The molecule has 1 N–H and O–H groups in total. The zero-order chi connectivity index (χ0) is 22.8. The van der Waals surface area contributed by atoms with Crippen LogP contribution < -0.4 is 10.1 Å². The Hall–Kier alpha value is -3.88. The van der Waals surface area contributed by atoms with Gasteiger partial charge in [-0.05, 0) is 22.3 Å². The summed E-state index contributed by atoms with van der Waals surface area (Å²) >= 11 is 0. The van der Waals surface area contributed by atoms with Crippen molar-refractivity contribution >= 4 is 12.1 Å². The highest BCUT2D eigenvalue weighted by molar-refractivity contribution is 5.80. The maximum Gasteiger partial charge on any atom is 0.407 e. The summed E-state index contributed by atoms with van der Waals surface area (Å²) in [4.78, 5) is 23.8. The van der Waals surface area contributed by atoms with Crippen molar-refractivity contribution in [1.82, 2.24) is 5.32 Å². The second-order valence-corrected chi connectivity index (χ2v) is 6.95. The maximum absolute atomic E-state index is 13.6. The van der Waals surface area contributed by atoms with E-state index in [1.54, 1.807) is 0 Å². The normalized spacial score (nSPS) is 12.1. The summed E-state index contributed by atoms with van der Waals surface area (Å²) in [6, 6.07) is 15.4. The second kappa shape index (κ2) is 8.70. The highest BCUT2D eigenvalue weighted by Gasteiger charge is 2.29. The van der Waals surface area contributed by atoms with Crippen molar-refractivity contribution in [3.05, 3.63) is 89.0 Å². The Kier molecular flexibility index (Phi) is 5.81. The molecule has 0 unspecified atom stereocenters. The van der Waals surface area contributed by atoms with Crippen LogP contribution in [0.1, 0.15) is 17.0 Å². The summed E-state index contributed by atoms with van der Waals surface area (Å²) in [6.07, 6.45) is -0.977. The molecule has 0 aromatic heterocycles. The van der Waals surface area contributed by atoms with E-state index in [0.717, 1.165) is 22.3 Å². The van der Waals surface area contributed by atoms with Gasteiger partial charge >= 0.3 is 12.1 Å². The number of benzene rings is 3. The van der Waals surface area contributed by atoms with E-state index >= 15 is 0 Å². The molecule has 5 nitrogen and oxygen atoms in total. The Morgan fingerprint density at radius 3 is 1.94 bits per heavy atom. The fourth-order valence-electron chi connectivity index (χ4n) is 3.58. The Bertz CT molecular complexity index is 1140. The van der Waals surface area contributed by atoms with E-state index in [9.17, 15) is 27.2 Å². The Labute approximate surface area is 179 Å². The van der Waals surface area contributed by atoms with Gasteiger partial charge in [-0.1, -0.05) is 48.5 Å². The van der Waals surface area contributed by atoms with Gasteiger partial charge in [0.05, 0.1) is 0 Å². The minimum atomic E-state index is -1.86. The lowest BCUT2D eigenvalue weighted by atomic mass is 9.98. The minimum absolute atomic E-state index is 0.0169. The molecule has 3 aromatic carbocycles. The third kappa shape index (κ3) is 4.01. The highest BCUT2D eigenvalue weighted by atomic mass is 19.2. The molecule has 0 aliphatic heterocycles. The van der Waals surface area contributed by atoms with Gasteiger partial charge in [0.1, 0.15) is 13.2 Å². The van der Waals surface area contributed by atoms with Crippen LogP contribution in [-0.2, 0) is 9.53 Å². The van der Waals surface area contributed by atoms with Gasteiger partial charge in [-0.25, -0.2) is 18.4 Å². The van der Waals surface area contributed by atoms with E-state index in [2.05, 4.69) is 10.1 Å². The lowest BCUT2D eigenvalue weighted by Gasteiger charge is -2.14. The van der Waals surface area contributed by atoms with Crippen LogP contribution in [0.5, 0.6) is 5.75 Å². The molecule has 0 atom stereocenters. The molecule has 32 heavy (non-hydrogen) atoms. The third-order valence-electron chi connectivity index (χ3n) is 5.01. The number of carbonyl (C=O) groups is 2. The van der Waals surface area contributed by atoms with Crippen LogP contribution in [-0.4, -0.2) is 25.2 Å². The van der Waals surface area contributed by atoms with Gasteiger partial charge in [0.2, 0.25) is 17.4 Å². The summed E-state index contributed by atoms with van der Waals surface area (Å²) in [5.74, 6) is -10.3. The Balaban J connectivity index is 1.35. The number of nitrogens with one attached hydrogen (secondary N) is 1. The second-order valence-electron chi connectivity index (χ2n) is 6.95. The molecule has 164 valence electrons. The fourth-order valence-corrected chi connectivity index (χ4v) is 3.58. The number of fused-ring (bicyclic) bond motifs is 3. The third-order valence-corrected chi connectivity index (χ3v) is 5.01. The summed E-state index contributed by atoms with van der Waals surface area (Å²) in [6.45, 7) is -0.860. The molecule has 0 radical (unpaired) electrons. The number of rotatable bonds is 5. The predicted octanol–water partition coefficient (Wildman–Crippen LogP) is 4.69. The fraction of sp³-hybridized carbons (Fsp3) is 0.130. The molecule has 1 amide bonds. The SMILES string of the molecule is O=C(CNC(=O)OCC1c2ccccc2-c2ccccc21)Oc1c(F)c(F)cc(F)c1F. The largest absolute Gasteiger partial charge is 0.449 e. The number of esters is 1. The minimum Gasteiger partial charge on any atom is -0.449 e. The molecule has 1 aliphatic carbocycles. The van der Waals surface area contributed by atoms with Crippen LogP contribution >= 0.6 is 0 Å². The Morgan fingerprint density at radius 1 is 0.844 bits per heavy atom. The Morgan fingerprint density at radius 2 is 1.38 bits per heavy atom. The molecule has 0 saturated heterocycles. The molecular formula is C23H15F4NO4. The van der Waals surface area contributed by atoms with Gasteiger partial charge in [-0.3, -0.25) is 0 Å². The summed E-state index contributed by atoms with van der Waals surface area (Å²) in [5.41, 5.74) is 4.04. The average Bonchev–Trinajstić information content (AvgIpc) is 3.11. The first-order valence-corrected chi connectivity index (χ1v) is 9.49. The number of alkyl carbamates (subject to hydrolysis) is 1. The molecule has 3 aromatic rings. The van der Waals surface area contributed by atoms with Gasteiger partial charge < -0.3 is 14.8 Å². The predicted molar refractivity (Wildman–Crippen MR) is 105 cm³/mol. The van der Waals surface area contributed by atoms with E-state index in [4.69, 9.17) is 4.74 Å². The van der Waals surface area contributed by atoms with Crippen LogP contribution in [0.3, 0.4) is 0 Å². The van der Waals surface area contributed by atoms with Crippen LogP contribution in [0.4, 0.5) is 22.4 Å². The zero-order valence-electron chi connectivity index (χ0n) is 16.3. The number of carbonyl (C=O) groups excluding carboxylic acids is 2. The van der Waals surface area contributed by atoms with E-state index in [1.165, 1.54) is 0 Å². The zero-order valence-corrected chi connectivity index (χ0v) is 16.3. The van der Waals surface area contributed by atoms with E-state index in [0.29, 0.717) is 0 Å². The van der Waals surface area contributed by atoms with Crippen molar-refractivity contribution in [2.45, 2.75) is 5.92 Å². The lowest BCUT2D eigenvalue weighted by Crippen LogP contribution is -2.33. The van der Waals surface area contributed by atoms with Crippen molar-refractivity contribution in [1.29, 1.82) is 0 Å². The number of ether oxygens (including phenoxy) is 2. The highest BCUT2D eigenvalue weighted by Crippen LogP contribution is 2.44. The summed E-state index contributed by atoms with van der Waals surface area (Å²) < 4.78 is 63.0. The van der Waals surface area contributed by atoms with Gasteiger partial charge in [0.15, 0.2) is 11.6 Å². The van der Waals surface area contributed by atoms with Crippen molar-refractivity contribution in [3.63, 3.8) is 0 Å². The summed E-state index contributed by atoms with van der Waals surface area (Å²) in [5, 5.41) is 2.07. The van der Waals surface area contributed by atoms with Gasteiger partial charge in [0, 0.05) is 12.0 Å². The molecule has 0 heterocycles. The molecule has 1 aliphatic rings. The lowest BCUT2D eigenvalue weighted by molar-refractivity contribution is -0.133. The van der Waals surface area contributed by atoms with E-state index < -0.39 is 47.6 Å². The number of amides is 1. The topological polar surface area (TPSA) is 64.6 Å². The summed E-state index contributed by atoms with van der Waals surface area (Å²) in [7, 11) is 0. The van der Waals surface area contributed by atoms with Crippen molar-refractivity contribution in [2.75, 3.05) is 13.2 Å². The van der Waals surface area contributed by atoms with E-state index in [1.807, 2.05) is 48.5 Å². The maximum atomic E-state index is 13.6. The molecule has 0 spiro atoms. The van der Waals surface area contributed by atoms with Crippen molar-refractivity contribution in [3.8, 4) is 16.9 Å². The van der Waals surface area contributed by atoms with Gasteiger partial charge in [0.25, 0.3) is 0 Å². The van der Waals surface area contributed by atoms with Crippen molar-refractivity contribution < 1.29 is 36.6 Å².